The lowest BCUT2D eigenvalue weighted by Crippen LogP contribution is -2.45. The van der Waals surface area contributed by atoms with Gasteiger partial charge in [-0.1, -0.05) is 12.1 Å². The van der Waals surface area contributed by atoms with Gasteiger partial charge >= 0.3 is 6.03 Å². The van der Waals surface area contributed by atoms with Gasteiger partial charge in [-0.25, -0.2) is 4.79 Å². The van der Waals surface area contributed by atoms with Crippen molar-refractivity contribution < 1.29 is 9.32 Å². The SMILES string of the molecule is CCC1CCCCN1C(=O)Nc1cc(C)on1. The van der Waals surface area contributed by atoms with E-state index in [0.717, 1.165) is 25.8 Å². The third-order valence-corrected chi connectivity index (χ3v) is 3.22. The highest BCUT2D eigenvalue weighted by Crippen LogP contribution is 2.20. The summed E-state index contributed by atoms with van der Waals surface area (Å²) in [4.78, 5) is 14.0. The summed E-state index contributed by atoms with van der Waals surface area (Å²) in [6.07, 6.45) is 4.40. The number of rotatable bonds is 2. The molecule has 2 heterocycles. The van der Waals surface area contributed by atoms with Crippen molar-refractivity contribution in [1.29, 1.82) is 0 Å². The molecule has 2 amide bonds. The highest BCUT2D eigenvalue weighted by molar-refractivity contribution is 5.88. The van der Waals surface area contributed by atoms with E-state index in [9.17, 15) is 4.79 Å². The number of carbonyl (C=O) groups is 1. The molecule has 1 saturated heterocycles. The van der Waals surface area contributed by atoms with E-state index >= 15 is 0 Å². The molecule has 5 heteroatoms. The molecule has 5 nitrogen and oxygen atoms in total. The Morgan fingerprint density at radius 3 is 3.12 bits per heavy atom. The van der Waals surface area contributed by atoms with Gasteiger partial charge in [0.05, 0.1) is 0 Å². The summed E-state index contributed by atoms with van der Waals surface area (Å²) in [6.45, 7) is 4.76. The third-order valence-electron chi connectivity index (χ3n) is 3.22. The summed E-state index contributed by atoms with van der Waals surface area (Å²) in [5.74, 6) is 1.19. The smallest absolute Gasteiger partial charge is 0.323 e. The number of urea groups is 1. The second kappa shape index (κ2) is 5.21. The van der Waals surface area contributed by atoms with E-state index in [1.54, 1.807) is 13.0 Å². The van der Waals surface area contributed by atoms with Crippen molar-refractivity contribution in [3.05, 3.63) is 11.8 Å². The number of carbonyl (C=O) groups excluding carboxylic acids is 1. The fourth-order valence-electron chi connectivity index (χ4n) is 2.30. The second-order valence-electron chi connectivity index (χ2n) is 4.50. The van der Waals surface area contributed by atoms with Crippen molar-refractivity contribution in [2.24, 2.45) is 0 Å². The van der Waals surface area contributed by atoms with E-state index in [1.807, 2.05) is 4.90 Å². The molecule has 1 N–H and O–H groups in total. The van der Waals surface area contributed by atoms with Crippen LogP contribution in [-0.2, 0) is 0 Å². The zero-order valence-electron chi connectivity index (χ0n) is 10.4. The number of likely N-dealkylation sites (tertiary alicyclic amines) is 1. The number of anilines is 1. The normalized spacial score (nSPS) is 20.4. The average Bonchev–Trinajstić information content (AvgIpc) is 2.74. The predicted molar refractivity (Wildman–Crippen MR) is 64.9 cm³/mol. The highest BCUT2D eigenvalue weighted by Gasteiger charge is 2.25. The van der Waals surface area contributed by atoms with Crippen LogP contribution in [0.1, 0.15) is 38.4 Å². The van der Waals surface area contributed by atoms with Gasteiger partial charge in [0.2, 0.25) is 0 Å². The summed E-state index contributed by atoms with van der Waals surface area (Å²) in [7, 11) is 0. The molecule has 17 heavy (non-hydrogen) atoms. The summed E-state index contributed by atoms with van der Waals surface area (Å²) in [5, 5.41) is 6.55. The molecule has 1 aromatic rings. The maximum atomic E-state index is 12.1. The van der Waals surface area contributed by atoms with Crippen LogP contribution in [0.2, 0.25) is 0 Å². The van der Waals surface area contributed by atoms with Crippen LogP contribution in [0, 0.1) is 6.92 Å². The molecule has 0 spiro atoms. The van der Waals surface area contributed by atoms with Crippen LogP contribution < -0.4 is 5.32 Å². The number of amides is 2. The van der Waals surface area contributed by atoms with Crippen LogP contribution >= 0.6 is 0 Å². The molecule has 1 fully saturated rings. The minimum absolute atomic E-state index is 0.0650. The summed E-state index contributed by atoms with van der Waals surface area (Å²) in [6, 6.07) is 2.02. The fourth-order valence-corrected chi connectivity index (χ4v) is 2.30. The van der Waals surface area contributed by atoms with E-state index < -0.39 is 0 Å². The van der Waals surface area contributed by atoms with E-state index in [2.05, 4.69) is 17.4 Å². The number of aromatic nitrogens is 1. The van der Waals surface area contributed by atoms with Crippen molar-refractivity contribution in [3.63, 3.8) is 0 Å². The van der Waals surface area contributed by atoms with Crippen molar-refractivity contribution in [1.82, 2.24) is 10.1 Å². The number of aryl methyl sites for hydroxylation is 1. The van der Waals surface area contributed by atoms with Crippen LogP contribution in [0.5, 0.6) is 0 Å². The number of piperidine rings is 1. The molecule has 0 aliphatic carbocycles. The van der Waals surface area contributed by atoms with Crippen molar-refractivity contribution in [3.8, 4) is 0 Å². The van der Waals surface area contributed by atoms with Gasteiger partial charge in [-0.05, 0) is 32.6 Å². The molecular weight excluding hydrogens is 218 g/mol. The molecular formula is C12H19N3O2. The maximum Gasteiger partial charge on any atom is 0.323 e. The maximum absolute atomic E-state index is 12.1. The molecule has 1 aliphatic heterocycles. The van der Waals surface area contributed by atoms with Gasteiger partial charge in [0, 0.05) is 18.7 Å². The first-order valence-electron chi connectivity index (χ1n) is 6.21. The monoisotopic (exact) mass is 237 g/mol. The van der Waals surface area contributed by atoms with Crippen LogP contribution in [0.3, 0.4) is 0 Å². The van der Waals surface area contributed by atoms with Gasteiger partial charge in [0.1, 0.15) is 5.76 Å². The van der Waals surface area contributed by atoms with Gasteiger partial charge < -0.3 is 9.42 Å². The summed E-state index contributed by atoms with van der Waals surface area (Å²) >= 11 is 0. The van der Waals surface area contributed by atoms with E-state index in [4.69, 9.17) is 4.52 Å². The lowest BCUT2D eigenvalue weighted by atomic mass is 10.0. The standard InChI is InChI=1S/C12H19N3O2/c1-3-10-6-4-5-7-15(10)12(16)13-11-8-9(2)17-14-11/h8,10H,3-7H2,1-2H3,(H,13,14,16). The van der Waals surface area contributed by atoms with Crippen molar-refractivity contribution in [2.75, 3.05) is 11.9 Å². The number of hydrogen-bond donors (Lipinski definition) is 1. The van der Waals surface area contributed by atoms with Crippen molar-refractivity contribution >= 4 is 11.8 Å². The number of nitrogens with one attached hydrogen (secondary N) is 1. The molecule has 0 aromatic carbocycles. The van der Waals surface area contributed by atoms with Crippen LogP contribution in [0.15, 0.2) is 10.6 Å². The molecule has 1 aromatic heterocycles. The Hall–Kier alpha value is -1.52. The Labute approximate surface area is 101 Å². The Morgan fingerprint density at radius 2 is 2.47 bits per heavy atom. The van der Waals surface area contributed by atoms with Gasteiger partial charge in [0.25, 0.3) is 0 Å². The fraction of sp³-hybridized carbons (Fsp3) is 0.667. The molecule has 1 aliphatic rings. The summed E-state index contributed by atoms with van der Waals surface area (Å²) < 4.78 is 4.92. The van der Waals surface area contributed by atoms with Gasteiger partial charge in [-0.2, -0.15) is 0 Å². The Morgan fingerprint density at radius 1 is 1.65 bits per heavy atom. The van der Waals surface area contributed by atoms with Gasteiger partial charge in [0.15, 0.2) is 5.82 Å². The van der Waals surface area contributed by atoms with Crippen molar-refractivity contribution in [2.45, 2.75) is 45.6 Å². The molecule has 0 radical (unpaired) electrons. The van der Waals surface area contributed by atoms with Crippen LogP contribution in [0.4, 0.5) is 10.6 Å². The Bertz CT molecular complexity index is 389. The van der Waals surface area contributed by atoms with Gasteiger partial charge in [-0.15, -0.1) is 0 Å². The zero-order chi connectivity index (χ0) is 12.3. The number of nitrogens with zero attached hydrogens (tertiary/aromatic N) is 2. The lowest BCUT2D eigenvalue weighted by Gasteiger charge is -2.34. The highest BCUT2D eigenvalue weighted by atomic mass is 16.5. The largest absolute Gasteiger partial charge is 0.360 e. The Balaban J connectivity index is 1.98. The minimum atomic E-state index is -0.0650. The first-order valence-corrected chi connectivity index (χ1v) is 6.21. The molecule has 2 rings (SSSR count). The van der Waals surface area contributed by atoms with Crippen LogP contribution in [-0.4, -0.2) is 28.7 Å². The lowest BCUT2D eigenvalue weighted by molar-refractivity contribution is 0.160. The average molecular weight is 237 g/mol. The van der Waals surface area contributed by atoms with E-state index in [-0.39, 0.29) is 6.03 Å². The topological polar surface area (TPSA) is 58.4 Å². The van der Waals surface area contributed by atoms with Crippen LogP contribution in [0.25, 0.3) is 0 Å². The molecule has 1 atom stereocenters. The number of hydrogen-bond acceptors (Lipinski definition) is 3. The predicted octanol–water partition coefficient (Wildman–Crippen LogP) is 2.78. The summed E-state index contributed by atoms with van der Waals surface area (Å²) in [5.41, 5.74) is 0. The van der Waals surface area contributed by atoms with Gasteiger partial charge in [-0.3, -0.25) is 5.32 Å². The Kier molecular flexibility index (Phi) is 3.66. The minimum Gasteiger partial charge on any atom is -0.360 e. The second-order valence-corrected chi connectivity index (χ2v) is 4.50. The first kappa shape index (κ1) is 12.0. The molecule has 94 valence electrons. The zero-order valence-corrected chi connectivity index (χ0v) is 10.4. The third kappa shape index (κ3) is 2.78. The first-order chi connectivity index (χ1) is 8.20. The molecule has 0 bridgehead atoms. The van der Waals surface area contributed by atoms with E-state index in [0.29, 0.717) is 17.6 Å². The molecule has 1 unspecified atom stereocenters. The van der Waals surface area contributed by atoms with E-state index in [1.165, 1.54) is 6.42 Å². The quantitative estimate of drug-likeness (QED) is 0.860. The molecule has 0 saturated carbocycles.